The van der Waals surface area contributed by atoms with Gasteiger partial charge in [-0.1, -0.05) is 12.1 Å². The van der Waals surface area contributed by atoms with E-state index in [4.69, 9.17) is 0 Å². The number of likely N-dealkylation sites (tertiary alicyclic amines) is 1. The van der Waals surface area contributed by atoms with Crippen molar-refractivity contribution in [2.45, 2.75) is 24.3 Å². The van der Waals surface area contributed by atoms with Crippen LogP contribution in [0.4, 0.5) is 4.39 Å². The Kier molecular flexibility index (Phi) is 4.86. The monoisotopic (exact) mass is 406 g/mol. The molecular weight excluding hydrogens is 387 g/mol. The van der Waals surface area contributed by atoms with Crippen molar-refractivity contribution in [3.05, 3.63) is 58.0 Å². The SMILES string of the molecule is O=C(c1ccsc1)N1CCC2(CC1)N(Cc1cccc(F)c1)C(=O)CS2=O. The van der Waals surface area contributed by atoms with Crippen molar-refractivity contribution < 1.29 is 18.2 Å². The molecule has 2 aliphatic heterocycles. The van der Waals surface area contributed by atoms with Gasteiger partial charge in [0.2, 0.25) is 5.91 Å². The Hall–Kier alpha value is -2.06. The second-order valence-corrected chi connectivity index (χ2v) is 9.37. The number of piperidine rings is 1. The highest BCUT2D eigenvalue weighted by atomic mass is 32.2. The third kappa shape index (κ3) is 3.32. The van der Waals surface area contributed by atoms with Crippen LogP contribution in [0.5, 0.6) is 0 Å². The molecule has 1 atom stereocenters. The Balaban J connectivity index is 1.53. The molecule has 4 rings (SSSR count). The van der Waals surface area contributed by atoms with Gasteiger partial charge < -0.3 is 9.80 Å². The van der Waals surface area contributed by atoms with Gasteiger partial charge in [-0.25, -0.2) is 4.39 Å². The Labute approximate surface area is 163 Å². The fraction of sp³-hybridized carbons (Fsp3) is 0.368. The third-order valence-electron chi connectivity index (χ3n) is 5.30. The lowest BCUT2D eigenvalue weighted by molar-refractivity contribution is -0.131. The van der Waals surface area contributed by atoms with Crippen LogP contribution >= 0.6 is 11.3 Å². The third-order valence-corrected chi connectivity index (χ3v) is 7.97. The van der Waals surface area contributed by atoms with Gasteiger partial charge in [-0.2, -0.15) is 11.3 Å². The first kappa shape index (κ1) is 18.3. The maximum Gasteiger partial charge on any atom is 0.254 e. The summed E-state index contributed by atoms with van der Waals surface area (Å²) in [5, 5.41) is 3.68. The number of carbonyl (C=O) groups is 2. The number of carbonyl (C=O) groups excluding carboxylic acids is 2. The summed E-state index contributed by atoms with van der Waals surface area (Å²) in [6.45, 7) is 1.14. The molecule has 2 amide bonds. The smallest absolute Gasteiger partial charge is 0.254 e. The van der Waals surface area contributed by atoms with E-state index in [1.807, 2.05) is 10.8 Å². The fourth-order valence-electron chi connectivity index (χ4n) is 3.85. The van der Waals surface area contributed by atoms with Crippen molar-refractivity contribution in [3.63, 3.8) is 0 Å². The second-order valence-electron chi connectivity index (χ2n) is 6.85. The first-order valence-electron chi connectivity index (χ1n) is 8.74. The van der Waals surface area contributed by atoms with Crippen LogP contribution < -0.4 is 0 Å². The molecule has 0 saturated carbocycles. The Bertz CT molecular complexity index is 892. The summed E-state index contributed by atoms with van der Waals surface area (Å²) in [4.78, 5) is 27.7. The standard InChI is InChI=1S/C19H19FN2O3S2/c20-16-3-1-2-14(10-16)11-22-17(23)13-27(25)19(22)5-7-21(8-6-19)18(24)15-4-9-26-12-15/h1-4,9-10,12H,5-8,11,13H2. The van der Waals surface area contributed by atoms with Crippen molar-refractivity contribution in [3.8, 4) is 0 Å². The van der Waals surface area contributed by atoms with Gasteiger partial charge in [-0.15, -0.1) is 0 Å². The number of nitrogens with zero attached hydrogens (tertiary/aromatic N) is 2. The van der Waals surface area contributed by atoms with Gasteiger partial charge >= 0.3 is 0 Å². The molecule has 2 aliphatic rings. The number of halogens is 1. The van der Waals surface area contributed by atoms with Crippen LogP contribution in [0.2, 0.25) is 0 Å². The molecule has 0 N–H and O–H groups in total. The van der Waals surface area contributed by atoms with Crippen LogP contribution in [0.15, 0.2) is 41.1 Å². The first-order valence-corrected chi connectivity index (χ1v) is 11.0. The quantitative estimate of drug-likeness (QED) is 0.787. The molecule has 5 nitrogen and oxygen atoms in total. The van der Waals surface area contributed by atoms with E-state index in [2.05, 4.69) is 0 Å². The molecule has 2 aromatic rings. The topological polar surface area (TPSA) is 57.7 Å². The molecule has 1 spiro atoms. The fourth-order valence-corrected chi connectivity index (χ4v) is 6.18. The number of amides is 2. The zero-order valence-corrected chi connectivity index (χ0v) is 16.2. The number of benzene rings is 1. The Morgan fingerprint density at radius 2 is 2.04 bits per heavy atom. The zero-order chi connectivity index (χ0) is 19.0. The summed E-state index contributed by atoms with van der Waals surface area (Å²) in [6, 6.07) is 7.93. The summed E-state index contributed by atoms with van der Waals surface area (Å²) in [5.41, 5.74) is 1.34. The molecule has 142 valence electrons. The van der Waals surface area contributed by atoms with Crippen molar-refractivity contribution in [1.29, 1.82) is 0 Å². The predicted octanol–water partition coefficient (Wildman–Crippen LogP) is 2.61. The predicted molar refractivity (Wildman–Crippen MR) is 102 cm³/mol. The molecule has 0 aliphatic carbocycles. The number of thiophene rings is 1. The molecule has 0 radical (unpaired) electrons. The van der Waals surface area contributed by atoms with Crippen molar-refractivity contribution in [2.75, 3.05) is 18.8 Å². The molecule has 3 heterocycles. The largest absolute Gasteiger partial charge is 0.338 e. The van der Waals surface area contributed by atoms with Gasteiger partial charge in [-0.05, 0) is 29.1 Å². The van der Waals surface area contributed by atoms with Crippen molar-refractivity contribution in [1.82, 2.24) is 9.80 Å². The molecule has 1 aromatic carbocycles. The summed E-state index contributed by atoms with van der Waals surface area (Å²) in [5.74, 6) is -0.563. The van der Waals surface area contributed by atoms with Gasteiger partial charge in [0.25, 0.3) is 5.91 Å². The van der Waals surface area contributed by atoms with E-state index in [1.165, 1.54) is 23.5 Å². The van der Waals surface area contributed by atoms with Crippen LogP contribution in [0.3, 0.4) is 0 Å². The van der Waals surface area contributed by atoms with Gasteiger partial charge in [0.05, 0.1) is 16.4 Å². The highest BCUT2D eigenvalue weighted by Gasteiger charge is 2.53. The number of rotatable bonds is 3. The van der Waals surface area contributed by atoms with E-state index in [-0.39, 0.29) is 29.9 Å². The normalized spacial score (nSPS) is 21.8. The lowest BCUT2D eigenvalue weighted by Crippen LogP contribution is -2.55. The highest BCUT2D eigenvalue weighted by Crippen LogP contribution is 2.39. The summed E-state index contributed by atoms with van der Waals surface area (Å²) in [7, 11) is -1.33. The van der Waals surface area contributed by atoms with E-state index in [0.29, 0.717) is 37.1 Å². The van der Waals surface area contributed by atoms with Crippen molar-refractivity contribution in [2.24, 2.45) is 0 Å². The van der Waals surface area contributed by atoms with Crippen LogP contribution in [0.1, 0.15) is 28.8 Å². The molecule has 2 fully saturated rings. The number of hydrogen-bond acceptors (Lipinski definition) is 4. The lowest BCUT2D eigenvalue weighted by Gasteiger charge is -2.43. The molecule has 8 heteroatoms. The highest BCUT2D eigenvalue weighted by molar-refractivity contribution is 7.87. The van der Waals surface area contributed by atoms with Crippen LogP contribution in [-0.4, -0.2) is 49.5 Å². The summed E-state index contributed by atoms with van der Waals surface area (Å²) in [6.07, 6.45) is 0.938. The van der Waals surface area contributed by atoms with Crippen LogP contribution in [0, 0.1) is 5.82 Å². The Morgan fingerprint density at radius 3 is 2.70 bits per heavy atom. The van der Waals surface area contributed by atoms with E-state index < -0.39 is 15.7 Å². The summed E-state index contributed by atoms with van der Waals surface area (Å²) >= 11 is 1.47. The molecular formula is C19H19FN2O3S2. The maximum atomic E-state index is 13.5. The average molecular weight is 407 g/mol. The molecule has 27 heavy (non-hydrogen) atoms. The Morgan fingerprint density at radius 1 is 1.26 bits per heavy atom. The molecule has 1 aromatic heterocycles. The van der Waals surface area contributed by atoms with Crippen LogP contribution in [0.25, 0.3) is 0 Å². The summed E-state index contributed by atoms with van der Waals surface area (Å²) < 4.78 is 26.3. The van der Waals surface area contributed by atoms with Crippen molar-refractivity contribution >= 4 is 34.0 Å². The molecule has 0 bridgehead atoms. The van der Waals surface area contributed by atoms with Gasteiger partial charge in [0.15, 0.2) is 0 Å². The maximum absolute atomic E-state index is 13.5. The minimum atomic E-state index is -1.33. The van der Waals surface area contributed by atoms with Gasteiger partial charge in [0, 0.05) is 37.9 Å². The second kappa shape index (κ2) is 7.16. The van der Waals surface area contributed by atoms with E-state index in [0.717, 1.165) is 0 Å². The molecule has 1 unspecified atom stereocenters. The number of hydrogen-bond donors (Lipinski definition) is 0. The first-order chi connectivity index (χ1) is 13.0. The molecule has 2 saturated heterocycles. The minimum absolute atomic E-state index is 0.00616. The van der Waals surface area contributed by atoms with Crippen LogP contribution in [-0.2, 0) is 22.1 Å². The zero-order valence-electron chi connectivity index (χ0n) is 14.6. The van der Waals surface area contributed by atoms with Gasteiger partial charge in [0.1, 0.15) is 16.4 Å². The van der Waals surface area contributed by atoms with E-state index >= 15 is 0 Å². The minimum Gasteiger partial charge on any atom is -0.338 e. The average Bonchev–Trinajstić information content (AvgIpc) is 3.26. The van der Waals surface area contributed by atoms with E-state index in [9.17, 15) is 18.2 Å². The van der Waals surface area contributed by atoms with E-state index in [1.54, 1.807) is 28.0 Å². The van der Waals surface area contributed by atoms with Gasteiger partial charge in [-0.3, -0.25) is 13.8 Å². The lowest BCUT2D eigenvalue weighted by atomic mass is 10.0.